The highest BCUT2D eigenvalue weighted by atomic mass is 35.5. The minimum Gasteiger partial charge on any atom is -0.495 e. The molecule has 0 unspecified atom stereocenters. The quantitative estimate of drug-likeness (QED) is 0.694. The minimum atomic E-state index is -0.112. The summed E-state index contributed by atoms with van der Waals surface area (Å²) >= 11 is 6.14. The Hall–Kier alpha value is -2.01. The summed E-state index contributed by atoms with van der Waals surface area (Å²) in [6.07, 6.45) is 0.163. The van der Waals surface area contributed by atoms with Crippen molar-refractivity contribution >= 4 is 23.1 Å². The molecule has 0 aliphatic heterocycles. The van der Waals surface area contributed by atoms with Crippen LogP contribution in [0.25, 0.3) is 0 Å². The summed E-state index contributed by atoms with van der Waals surface area (Å²) in [4.78, 5) is 12.4. The summed E-state index contributed by atoms with van der Waals surface area (Å²) in [7, 11) is 3.26. The number of rotatable bonds is 4. The highest BCUT2D eigenvalue weighted by molar-refractivity contribution is 6.30. The van der Waals surface area contributed by atoms with Crippen molar-refractivity contribution in [1.82, 2.24) is 9.78 Å². The van der Waals surface area contributed by atoms with Crippen molar-refractivity contribution < 1.29 is 9.53 Å². The molecule has 0 saturated heterocycles. The average Bonchev–Trinajstić information content (AvgIpc) is 2.65. The predicted molar refractivity (Wildman–Crippen MR) is 78.4 cm³/mol. The number of anilines is 1. The first kappa shape index (κ1) is 14.4. The first-order valence-electron chi connectivity index (χ1n) is 6.09. The Morgan fingerprint density at radius 1 is 1.50 bits per heavy atom. The number of ketones is 1. The van der Waals surface area contributed by atoms with E-state index >= 15 is 0 Å². The van der Waals surface area contributed by atoms with E-state index in [2.05, 4.69) is 5.10 Å². The number of halogens is 1. The number of carbonyl (C=O) groups is 1. The molecule has 6 heteroatoms. The second-order valence-electron chi connectivity index (χ2n) is 4.50. The lowest BCUT2D eigenvalue weighted by atomic mass is 10.0. The van der Waals surface area contributed by atoms with Crippen LogP contribution >= 0.6 is 11.6 Å². The number of hydrogen-bond donors (Lipinski definition) is 1. The Morgan fingerprint density at radius 2 is 2.20 bits per heavy atom. The summed E-state index contributed by atoms with van der Waals surface area (Å²) in [5, 5.41) is 4.66. The smallest absolute Gasteiger partial charge is 0.169 e. The lowest BCUT2D eigenvalue weighted by molar-refractivity contribution is 0.0993. The molecule has 2 rings (SSSR count). The molecule has 106 valence electrons. The SMILES string of the molecule is COc1cccc(C(=O)Cc2c(C)nn(C)c2Cl)c1N. The van der Waals surface area contributed by atoms with Crippen LogP contribution in [0.4, 0.5) is 5.69 Å². The zero-order valence-corrected chi connectivity index (χ0v) is 12.4. The van der Waals surface area contributed by atoms with Gasteiger partial charge in [0.05, 0.1) is 18.5 Å². The van der Waals surface area contributed by atoms with Crippen LogP contribution in [-0.4, -0.2) is 22.7 Å². The fourth-order valence-electron chi connectivity index (χ4n) is 2.10. The second kappa shape index (κ2) is 5.54. The third kappa shape index (κ3) is 2.49. The normalized spacial score (nSPS) is 10.6. The van der Waals surface area contributed by atoms with Crippen molar-refractivity contribution in [1.29, 1.82) is 0 Å². The molecular weight excluding hydrogens is 278 g/mol. The number of Topliss-reactive ketones (excluding diaryl/α,β-unsaturated/α-hetero) is 1. The van der Waals surface area contributed by atoms with E-state index < -0.39 is 0 Å². The van der Waals surface area contributed by atoms with Crippen LogP contribution in [0.15, 0.2) is 18.2 Å². The van der Waals surface area contributed by atoms with Gasteiger partial charge in [0.1, 0.15) is 10.9 Å². The molecule has 2 aromatic rings. The molecule has 2 N–H and O–H groups in total. The van der Waals surface area contributed by atoms with Gasteiger partial charge < -0.3 is 10.5 Å². The number of carbonyl (C=O) groups excluding carboxylic acids is 1. The minimum absolute atomic E-state index is 0.112. The van der Waals surface area contributed by atoms with Gasteiger partial charge in [0.15, 0.2) is 5.78 Å². The Kier molecular flexibility index (Phi) is 3.99. The Bertz CT molecular complexity index is 665. The number of hydrogen-bond acceptors (Lipinski definition) is 4. The lowest BCUT2D eigenvalue weighted by Crippen LogP contribution is -2.08. The van der Waals surface area contributed by atoms with Gasteiger partial charge in [0, 0.05) is 24.6 Å². The van der Waals surface area contributed by atoms with Crippen LogP contribution in [0, 0.1) is 6.92 Å². The fraction of sp³-hybridized carbons (Fsp3) is 0.286. The standard InChI is InChI=1S/C14H16ClN3O2/c1-8-10(14(15)18(2)17-8)7-11(19)9-5-4-6-12(20-3)13(9)16/h4-6H,7,16H2,1-3H3. The van der Waals surface area contributed by atoms with E-state index in [1.807, 2.05) is 6.92 Å². The maximum Gasteiger partial charge on any atom is 0.169 e. The topological polar surface area (TPSA) is 70.1 Å². The molecule has 0 saturated carbocycles. The molecule has 20 heavy (non-hydrogen) atoms. The van der Waals surface area contributed by atoms with Gasteiger partial charge in [0.25, 0.3) is 0 Å². The number of para-hydroxylation sites is 1. The summed E-state index contributed by atoms with van der Waals surface area (Å²) in [6.45, 7) is 1.82. The van der Waals surface area contributed by atoms with Gasteiger partial charge in [-0.25, -0.2) is 0 Å². The first-order valence-corrected chi connectivity index (χ1v) is 6.47. The van der Waals surface area contributed by atoms with E-state index in [9.17, 15) is 4.79 Å². The van der Waals surface area contributed by atoms with Gasteiger partial charge >= 0.3 is 0 Å². The van der Waals surface area contributed by atoms with E-state index in [1.54, 1.807) is 29.9 Å². The first-order chi connectivity index (χ1) is 9.45. The predicted octanol–water partition coefficient (Wildman–Crippen LogP) is 2.40. The van der Waals surface area contributed by atoms with Crippen molar-refractivity contribution in [2.75, 3.05) is 12.8 Å². The van der Waals surface area contributed by atoms with Gasteiger partial charge in [-0.05, 0) is 19.1 Å². The molecule has 0 bridgehead atoms. The number of nitrogens with two attached hydrogens (primary N) is 1. The van der Waals surface area contributed by atoms with Crippen LogP contribution in [0.5, 0.6) is 5.75 Å². The van der Waals surface area contributed by atoms with E-state index in [-0.39, 0.29) is 12.2 Å². The number of aromatic nitrogens is 2. The van der Waals surface area contributed by atoms with Gasteiger partial charge in [0.2, 0.25) is 0 Å². The summed E-state index contributed by atoms with van der Waals surface area (Å²) < 4.78 is 6.67. The van der Waals surface area contributed by atoms with Gasteiger partial charge in [-0.15, -0.1) is 0 Å². The summed E-state index contributed by atoms with van der Waals surface area (Å²) in [5.74, 6) is 0.379. The monoisotopic (exact) mass is 293 g/mol. The van der Waals surface area contributed by atoms with Crippen molar-refractivity contribution in [2.45, 2.75) is 13.3 Å². The molecule has 0 spiro atoms. The van der Waals surface area contributed by atoms with E-state index in [0.717, 1.165) is 11.3 Å². The third-order valence-electron chi connectivity index (χ3n) is 3.19. The van der Waals surface area contributed by atoms with Crippen LogP contribution < -0.4 is 10.5 Å². The highest BCUT2D eigenvalue weighted by Gasteiger charge is 2.18. The number of nitrogens with zero attached hydrogens (tertiary/aromatic N) is 2. The Labute approximate surface area is 122 Å². The van der Waals surface area contributed by atoms with Gasteiger partial charge in [-0.3, -0.25) is 9.48 Å². The van der Waals surface area contributed by atoms with Crippen LogP contribution in [0.1, 0.15) is 21.6 Å². The van der Waals surface area contributed by atoms with E-state index in [4.69, 9.17) is 22.1 Å². The van der Waals surface area contributed by atoms with Crippen LogP contribution in [0.2, 0.25) is 5.15 Å². The number of methoxy groups -OCH3 is 1. The molecule has 5 nitrogen and oxygen atoms in total. The van der Waals surface area contributed by atoms with Crippen molar-refractivity contribution in [2.24, 2.45) is 7.05 Å². The molecule has 0 amide bonds. The van der Waals surface area contributed by atoms with Gasteiger partial charge in [-0.1, -0.05) is 17.7 Å². The molecular formula is C14H16ClN3O2. The van der Waals surface area contributed by atoms with E-state index in [0.29, 0.717) is 22.2 Å². The maximum atomic E-state index is 12.4. The largest absolute Gasteiger partial charge is 0.495 e. The third-order valence-corrected chi connectivity index (χ3v) is 3.67. The van der Waals surface area contributed by atoms with Crippen molar-refractivity contribution in [3.8, 4) is 5.75 Å². The van der Waals surface area contributed by atoms with Crippen LogP contribution in [0.3, 0.4) is 0 Å². The number of aryl methyl sites for hydroxylation is 2. The zero-order valence-electron chi connectivity index (χ0n) is 11.6. The number of ether oxygens (including phenoxy) is 1. The zero-order chi connectivity index (χ0) is 14.9. The molecule has 1 aromatic carbocycles. The second-order valence-corrected chi connectivity index (χ2v) is 4.86. The van der Waals surface area contributed by atoms with E-state index in [1.165, 1.54) is 7.11 Å². The number of benzene rings is 1. The average molecular weight is 294 g/mol. The Balaban J connectivity index is 2.33. The van der Waals surface area contributed by atoms with Crippen molar-refractivity contribution in [3.05, 3.63) is 40.2 Å². The molecule has 0 aliphatic rings. The van der Waals surface area contributed by atoms with Gasteiger partial charge in [-0.2, -0.15) is 5.10 Å². The maximum absolute atomic E-state index is 12.4. The summed E-state index contributed by atoms with van der Waals surface area (Å²) in [6, 6.07) is 5.13. The summed E-state index contributed by atoms with van der Waals surface area (Å²) in [5.41, 5.74) is 8.18. The molecule has 0 fully saturated rings. The lowest BCUT2D eigenvalue weighted by Gasteiger charge is -2.09. The molecule has 1 aromatic heterocycles. The van der Waals surface area contributed by atoms with Crippen LogP contribution in [-0.2, 0) is 13.5 Å². The fourth-order valence-corrected chi connectivity index (χ4v) is 2.34. The Morgan fingerprint density at radius 3 is 2.75 bits per heavy atom. The number of nitrogen functional groups attached to an aromatic ring is 1. The molecule has 1 heterocycles. The van der Waals surface area contributed by atoms with Crippen molar-refractivity contribution in [3.63, 3.8) is 0 Å². The highest BCUT2D eigenvalue weighted by Crippen LogP contribution is 2.27. The molecule has 0 radical (unpaired) electrons. The molecule has 0 aliphatic carbocycles. The molecule has 0 atom stereocenters.